The summed E-state index contributed by atoms with van der Waals surface area (Å²) in [5.41, 5.74) is 4.08. The average molecular weight is 318 g/mol. The molecule has 2 aromatic carbocycles. The number of rotatable bonds is 2. The Morgan fingerprint density at radius 3 is 2.33 bits per heavy atom. The zero-order chi connectivity index (χ0) is 16.7. The zero-order valence-corrected chi connectivity index (χ0v) is 13.6. The average Bonchev–Trinajstić information content (AvgIpc) is 3.10. The van der Waals surface area contributed by atoms with Gasteiger partial charge in [-0.25, -0.2) is 0 Å². The topological polar surface area (TPSA) is 34.5 Å². The number of nitrogens with zero attached hydrogens (tertiary/aromatic N) is 2. The quantitative estimate of drug-likeness (QED) is 0.717. The Labute approximate surface area is 140 Å². The molecule has 0 bridgehead atoms. The monoisotopic (exact) mass is 318 g/mol. The van der Waals surface area contributed by atoms with Crippen LogP contribution in [0.15, 0.2) is 66.9 Å². The molecule has 0 N–H and O–H groups in total. The molecule has 1 atom stereocenters. The summed E-state index contributed by atoms with van der Waals surface area (Å²) >= 11 is 0. The van der Waals surface area contributed by atoms with Crippen molar-refractivity contribution in [2.45, 2.75) is 13.0 Å². The lowest BCUT2D eigenvalue weighted by Crippen LogP contribution is -2.38. The van der Waals surface area contributed by atoms with Gasteiger partial charge < -0.3 is 9.30 Å². The van der Waals surface area contributed by atoms with Crippen LogP contribution in [0.1, 0.15) is 24.2 Å². The molecule has 0 spiro atoms. The minimum atomic E-state index is -0.154. The third-order valence-corrected chi connectivity index (χ3v) is 4.49. The van der Waals surface area contributed by atoms with Crippen LogP contribution in [-0.4, -0.2) is 17.6 Å². The summed E-state index contributed by atoms with van der Waals surface area (Å²) in [5.74, 6) is 0.829. The van der Waals surface area contributed by atoms with Gasteiger partial charge in [0.25, 0.3) is 0 Å². The van der Waals surface area contributed by atoms with Gasteiger partial charge in [0.2, 0.25) is 5.91 Å². The number of carbonyl (C=O) groups excluding carboxylic acids is 1. The number of hydrogen-bond acceptors (Lipinski definition) is 2. The lowest BCUT2D eigenvalue weighted by Gasteiger charge is -2.38. The molecule has 1 unspecified atom stereocenters. The molecule has 4 rings (SSSR count). The zero-order valence-electron chi connectivity index (χ0n) is 13.6. The molecule has 120 valence electrons. The number of amides is 1. The molecule has 4 nitrogen and oxygen atoms in total. The normalized spacial score (nSPS) is 15.6. The second-order valence-corrected chi connectivity index (χ2v) is 5.86. The van der Waals surface area contributed by atoms with Gasteiger partial charge >= 0.3 is 0 Å². The minimum Gasteiger partial charge on any atom is -0.497 e. The highest BCUT2D eigenvalue weighted by atomic mass is 16.5. The van der Waals surface area contributed by atoms with E-state index < -0.39 is 0 Å². The molecular weight excluding hydrogens is 300 g/mol. The van der Waals surface area contributed by atoms with Crippen LogP contribution in [0.4, 0.5) is 5.69 Å². The van der Waals surface area contributed by atoms with E-state index in [0.717, 1.165) is 28.4 Å². The van der Waals surface area contributed by atoms with Crippen molar-refractivity contribution < 1.29 is 9.53 Å². The van der Waals surface area contributed by atoms with E-state index in [1.54, 1.807) is 14.0 Å². The highest BCUT2D eigenvalue weighted by molar-refractivity contribution is 5.96. The van der Waals surface area contributed by atoms with Crippen molar-refractivity contribution in [3.05, 3.63) is 78.1 Å². The van der Waals surface area contributed by atoms with Gasteiger partial charge in [-0.1, -0.05) is 24.3 Å². The van der Waals surface area contributed by atoms with Crippen LogP contribution in [0.3, 0.4) is 0 Å². The summed E-state index contributed by atoms with van der Waals surface area (Å²) in [5, 5.41) is 0. The second-order valence-electron chi connectivity index (χ2n) is 5.86. The van der Waals surface area contributed by atoms with Gasteiger partial charge in [-0.05, 0) is 42.0 Å². The number of anilines is 1. The first-order valence-electron chi connectivity index (χ1n) is 7.91. The molecule has 0 saturated carbocycles. The SMILES string of the molecule is COc1ccc(C2c3cccn3-c3ccccc3N2C(C)=O)cc1. The first kappa shape index (κ1) is 14.6. The van der Waals surface area contributed by atoms with E-state index in [0.29, 0.717) is 0 Å². The van der Waals surface area contributed by atoms with Gasteiger partial charge in [0.1, 0.15) is 11.8 Å². The molecule has 1 aliphatic rings. The number of fused-ring (bicyclic) bond motifs is 3. The Kier molecular flexibility index (Phi) is 3.38. The van der Waals surface area contributed by atoms with Crippen molar-refractivity contribution in [1.29, 1.82) is 0 Å². The van der Waals surface area contributed by atoms with Crippen molar-refractivity contribution in [3.63, 3.8) is 0 Å². The van der Waals surface area contributed by atoms with Crippen LogP contribution in [0.25, 0.3) is 5.69 Å². The van der Waals surface area contributed by atoms with E-state index in [2.05, 4.69) is 10.6 Å². The maximum atomic E-state index is 12.5. The van der Waals surface area contributed by atoms with Crippen molar-refractivity contribution >= 4 is 11.6 Å². The maximum Gasteiger partial charge on any atom is 0.224 e. The smallest absolute Gasteiger partial charge is 0.224 e. The van der Waals surface area contributed by atoms with Gasteiger partial charge in [-0.15, -0.1) is 0 Å². The Balaban J connectivity index is 1.93. The fraction of sp³-hybridized carbons (Fsp3) is 0.150. The number of aromatic nitrogens is 1. The third-order valence-electron chi connectivity index (χ3n) is 4.49. The first-order chi connectivity index (χ1) is 11.7. The third kappa shape index (κ3) is 2.11. The maximum absolute atomic E-state index is 12.5. The molecule has 2 heterocycles. The van der Waals surface area contributed by atoms with Gasteiger partial charge in [0.15, 0.2) is 0 Å². The van der Waals surface area contributed by atoms with Crippen LogP contribution < -0.4 is 9.64 Å². The van der Waals surface area contributed by atoms with E-state index in [9.17, 15) is 4.79 Å². The van der Waals surface area contributed by atoms with E-state index in [1.807, 2.05) is 65.7 Å². The standard InChI is InChI=1S/C20H18N2O2/c1-14(23)22-18-7-4-3-6-17(18)21-13-5-8-19(21)20(22)15-9-11-16(24-2)12-10-15/h3-13,20H,1-2H3. The summed E-state index contributed by atoms with van der Waals surface area (Å²) in [6.45, 7) is 1.62. The molecule has 0 fully saturated rings. The van der Waals surface area contributed by atoms with Crippen molar-refractivity contribution in [2.24, 2.45) is 0 Å². The molecule has 0 aliphatic carbocycles. The van der Waals surface area contributed by atoms with Crippen LogP contribution in [0.5, 0.6) is 5.75 Å². The molecular formula is C20H18N2O2. The number of benzene rings is 2. The fourth-order valence-corrected chi connectivity index (χ4v) is 3.44. The number of methoxy groups -OCH3 is 1. The lowest BCUT2D eigenvalue weighted by atomic mass is 9.98. The van der Waals surface area contributed by atoms with Crippen LogP contribution in [0, 0.1) is 0 Å². The summed E-state index contributed by atoms with van der Waals surface area (Å²) in [6.07, 6.45) is 2.04. The highest BCUT2D eigenvalue weighted by Crippen LogP contribution is 2.42. The summed E-state index contributed by atoms with van der Waals surface area (Å²) in [7, 11) is 1.65. The molecule has 0 saturated heterocycles. The number of hydrogen-bond donors (Lipinski definition) is 0. The molecule has 0 radical (unpaired) electrons. The van der Waals surface area contributed by atoms with Gasteiger partial charge in [-0.3, -0.25) is 9.69 Å². The fourth-order valence-electron chi connectivity index (χ4n) is 3.44. The molecule has 3 aromatic rings. The Morgan fingerprint density at radius 2 is 1.67 bits per heavy atom. The van der Waals surface area contributed by atoms with E-state index >= 15 is 0 Å². The van der Waals surface area contributed by atoms with Gasteiger partial charge in [0.05, 0.1) is 24.2 Å². The first-order valence-corrected chi connectivity index (χ1v) is 7.91. The largest absolute Gasteiger partial charge is 0.497 e. The summed E-state index contributed by atoms with van der Waals surface area (Å²) in [6, 6.07) is 19.8. The number of ether oxygens (including phenoxy) is 1. The Morgan fingerprint density at radius 1 is 0.958 bits per heavy atom. The van der Waals surface area contributed by atoms with E-state index in [-0.39, 0.29) is 11.9 Å². The highest BCUT2D eigenvalue weighted by Gasteiger charge is 2.34. The van der Waals surface area contributed by atoms with Crippen LogP contribution in [0.2, 0.25) is 0 Å². The molecule has 1 amide bonds. The van der Waals surface area contributed by atoms with Crippen molar-refractivity contribution in [1.82, 2.24) is 4.57 Å². The van der Waals surface area contributed by atoms with Gasteiger partial charge in [0, 0.05) is 13.1 Å². The van der Waals surface area contributed by atoms with Crippen LogP contribution >= 0.6 is 0 Å². The molecule has 1 aliphatic heterocycles. The predicted octanol–water partition coefficient (Wildman–Crippen LogP) is 3.94. The number of carbonyl (C=O) groups is 1. The molecule has 24 heavy (non-hydrogen) atoms. The van der Waals surface area contributed by atoms with Crippen molar-refractivity contribution in [3.8, 4) is 11.4 Å². The van der Waals surface area contributed by atoms with Crippen molar-refractivity contribution in [2.75, 3.05) is 12.0 Å². The second kappa shape index (κ2) is 5.57. The Bertz CT molecular complexity index is 896. The summed E-state index contributed by atoms with van der Waals surface area (Å²) in [4.78, 5) is 14.4. The molecule has 4 heteroatoms. The predicted molar refractivity (Wildman–Crippen MR) is 93.8 cm³/mol. The molecule has 1 aromatic heterocycles. The Hall–Kier alpha value is -3.01. The number of para-hydroxylation sites is 2. The lowest BCUT2D eigenvalue weighted by molar-refractivity contribution is -0.117. The summed E-state index contributed by atoms with van der Waals surface area (Å²) < 4.78 is 7.41. The van der Waals surface area contributed by atoms with Crippen LogP contribution in [-0.2, 0) is 4.79 Å². The van der Waals surface area contributed by atoms with E-state index in [4.69, 9.17) is 4.74 Å². The van der Waals surface area contributed by atoms with Gasteiger partial charge in [-0.2, -0.15) is 0 Å². The van der Waals surface area contributed by atoms with E-state index in [1.165, 1.54) is 0 Å². The minimum absolute atomic E-state index is 0.0238.